The van der Waals surface area contributed by atoms with Crippen LogP contribution in [0.25, 0.3) is 28.0 Å². The zero-order valence-electron chi connectivity index (χ0n) is 26.6. The second-order valence-corrected chi connectivity index (χ2v) is 12.5. The molecule has 3 aromatic heterocycles. The minimum Gasteiger partial charge on any atom is -0.382 e. The van der Waals surface area contributed by atoms with Crippen LogP contribution in [0.15, 0.2) is 83.0 Å². The van der Waals surface area contributed by atoms with E-state index in [9.17, 15) is 4.79 Å². The molecule has 0 saturated heterocycles. The lowest BCUT2D eigenvalue weighted by Crippen LogP contribution is -2.36. The summed E-state index contributed by atoms with van der Waals surface area (Å²) in [5, 5.41) is 7.71. The third kappa shape index (κ3) is 9.17. The second kappa shape index (κ2) is 15.7. The Kier molecular flexibility index (Phi) is 11.2. The Hall–Kier alpha value is -4.74. The topological polar surface area (TPSA) is 152 Å². The number of aliphatic imine (C=N–C) groups is 1. The van der Waals surface area contributed by atoms with Crippen LogP contribution in [0.4, 0.5) is 10.1 Å². The van der Waals surface area contributed by atoms with Crippen LogP contribution in [0.3, 0.4) is 0 Å². The van der Waals surface area contributed by atoms with E-state index >= 15 is 4.39 Å². The lowest BCUT2D eigenvalue weighted by molar-refractivity contribution is 0.503. The number of rotatable bonds is 15. The largest absolute Gasteiger partial charge is 0.382 e. The molecule has 0 unspecified atom stereocenters. The zero-order chi connectivity index (χ0) is 33.3. The summed E-state index contributed by atoms with van der Waals surface area (Å²) in [5.41, 5.74) is 15.4. The van der Waals surface area contributed by atoms with Crippen LogP contribution in [0.5, 0.6) is 0 Å². The summed E-state index contributed by atoms with van der Waals surface area (Å²) < 4.78 is 16.7. The van der Waals surface area contributed by atoms with Crippen molar-refractivity contribution in [3.05, 3.63) is 106 Å². The Morgan fingerprint density at radius 2 is 1.91 bits per heavy atom. The van der Waals surface area contributed by atoms with Gasteiger partial charge in [0.05, 0.1) is 22.1 Å². The number of nitrogens with one attached hydrogen (secondary N) is 3. The molecule has 0 bridgehead atoms. The molecule has 0 saturated carbocycles. The molecule has 0 aliphatic carbocycles. The Balaban J connectivity index is 1.29. The summed E-state index contributed by atoms with van der Waals surface area (Å²) >= 11 is 6.28. The quantitative estimate of drug-likeness (QED) is 0.0707. The molecule has 7 N–H and O–H groups in total. The number of guanidine groups is 1. The van der Waals surface area contributed by atoms with Crippen molar-refractivity contribution in [1.29, 1.82) is 0 Å². The van der Waals surface area contributed by atoms with Crippen LogP contribution in [-0.4, -0.2) is 44.6 Å². The number of halogens is 2. The minimum absolute atomic E-state index is 0.0663. The molecule has 246 valence electrons. The maximum Gasteiger partial charge on any atom is 0.354 e. The highest BCUT2D eigenvalue weighted by Gasteiger charge is 2.16. The van der Waals surface area contributed by atoms with Gasteiger partial charge in [-0.2, -0.15) is 4.98 Å². The molecule has 0 spiro atoms. The molecule has 0 aliphatic rings. The number of anilines is 1. The second-order valence-electron chi connectivity index (χ2n) is 12.1. The van der Waals surface area contributed by atoms with Crippen molar-refractivity contribution in [3.63, 3.8) is 0 Å². The number of aromatic amines is 1. The van der Waals surface area contributed by atoms with Crippen LogP contribution in [-0.2, 0) is 13.0 Å². The third-order valence-corrected chi connectivity index (χ3v) is 8.20. The number of nitrogens with two attached hydrogens (primary N) is 2. The van der Waals surface area contributed by atoms with Gasteiger partial charge >= 0.3 is 5.69 Å². The maximum atomic E-state index is 15.2. The minimum atomic E-state index is -0.503. The fourth-order valence-electron chi connectivity index (χ4n) is 5.40. The standard InChI is InChI=1S/C35H41ClFN9O/c1-22(2)5-3-6-24-15-29(32(37)30(36)16-24)31-17-25-21-46(35(47)45-33(25)44-31)28-10-8-23(9-11-28)18-42-27(12-14-41-34(38)39)20-43-26-7-4-13-40-19-26/h4,7-11,13,15-17,19,21-22,27,42-43H,3,5-6,12,14,18,20H2,1-2H3,(H4,38,39,41)(H,44,45,47)/t27-/m1/s1. The Labute approximate surface area is 278 Å². The zero-order valence-corrected chi connectivity index (χ0v) is 27.4. The summed E-state index contributed by atoms with van der Waals surface area (Å²) in [6.45, 7) is 6.12. The number of hydrogen-bond donors (Lipinski definition) is 5. The van der Waals surface area contributed by atoms with Crippen molar-refractivity contribution in [1.82, 2.24) is 24.8 Å². The van der Waals surface area contributed by atoms with E-state index in [1.165, 1.54) is 4.57 Å². The van der Waals surface area contributed by atoms with Gasteiger partial charge in [0, 0.05) is 55.2 Å². The molecule has 12 heteroatoms. The van der Waals surface area contributed by atoms with E-state index in [-0.39, 0.29) is 17.0 Å². The van der Waals surface area contributed by atoms with Crippen LogP contribution in [0.2, 0.25) is 5.02 Å². The summed E-state index contributed by atoms with van der Waals surface area (Å²) in [5.74, 6) is 0.158. The molecule has 3 heterocycles. The molecular formula is C35H41ClFN9O. The lowest BCUT2D eigenvalue weighted by Gasteiger charge is -2.19. The van der Waals surface area contributed by atoms with Gasteiger partial charge in [0.2, 0.25) is 0 Å². The van der Waals surface area contributed by atoms with Gasteiger partial charge in [0.1, 0.15) is 5.65 Å². The fraction of sp³-hybridized carbons (Fsp3) is 0.314. The van der Waals surface area contributed by atoms with E-state index in [4.69, 9.17) is 23.1 Å². The van der Waals surface area contributed by atoms with Crippen LogP contribution in [0, 0.1) is 11.7 Å². The van der Waals surface area contributed by atoms with E-state index in [1.807, 2.05) is 42.5 Å². The maximum absolute atomic E-state index is 15.2. The number of pyridine rings is 1. The van der Waals surface area contributed by atoms with Gasteiger partial charge in [0.15, 0.2) is 11.8 Å². The molecule has 0 radical (unpaired) electrons. The Morgan fingerprint density at radius 1 is 1.11 bits per heavy atom. The molecule has 10 nitrogen and oxygen atoms in total. The summed E-state index contributed by atoms with van der Waals surface area (Å²) in [6.07, 6.45) is 8.82. The van der Waals surface area contributed by atoms with Gasteiger partial charge < -0.3 is 27.1 Å². The van der Waals surface area contributed by atoms with Crippen molar-refractivity contribution >= 4 is 34.3 Å². The summed E-state index contributed by atoms with van der Waals surface area (Å²) in [6, 6.07) is 16.9. The number of fused-ring (bicyclic) bond motifs is 1. The number of H-pyrrole nitrogens is 1. The van der Waals surface area contributed by atoms with Crippen molar-refractivity contribution in [3.8, 4) is 16.9 Å². The van der Waals surface area contributed by atoms with E-state index in [0.717, 1.165) is 42.5 Å². The highest BCUT2D eigenvalue weighted by molar-refractivity contribution is 6.31. The molecule has 2 aromatic carbocycles. The van der Waals surface area contributed by atoms with Gasteiger partial charge in [-0.15, -0.1) is 0 Å². The highest BCUT2D eigenvalue weighted by Crippen LogP contribution is 2.31. The smallest absolute Gasteiger partial charge is 0.354 e. The fourth-order valence-corrected chi connectivity index (χ4v) is 5.64. The first-order valence-electron chi connectivity index (χ1n) is 15.8. The normalized spacial score (nSPS) is 12.0. The number of benzene rings is 2. The van der Waals surface area contributed by atoms with Crippen LogP contribution < -0.4 is 27.8 Å². The lowest BCUT2D eigenvalue weighted by atomic mass is 10.00. The average molecular weight is 658 g/mol. The molecule has 0 fully saturated rings. The molecule has 0 aliphatic heterocycles. The molecule has 5 aromatic rings. The van der Waals surface area contributed by atoms with E-state index < -0.39 is 11.5 Å². The first-order valence-corrected chi connectivity index (χ1v) is 16.2. The van der Waals surface area contributed by atoms with Gasteiger partial charge in [0.25, 0.3) is 0 Å². The number of aryl methyl sites for hydroxylation is 1. The van der Waals surface area contributed by atoms with Gasteiger partial charge in [-0.1, -0.05) is 44.0 Å². The number of nitrogens with zero attached hydrogens (tertiary/aromatic N) is 4. The number of hydrogen-bond acceptors (Lipinski definition) is 6. The molecule has 1 atom stereocenters. The van der Waals surface area contributed by atoms with Gasteiger partial charge in [-0.05, 0) is 78.8 Å². The summed E-state index contributed by atoms with van der Waals surface area (Å²) in [7, 11) is 0. The molecule has 47 heavy (non-hydrogen) atoms. The highest BCUT2D eigenvalue weighted by atomic mass is 35.5. The Bertz CT molecular complexity index is 1870. The molecular weight excluding hydrogens is 617 g/mol. The predicted molar refractivity (Wildman–Crippen MR) is 189 cm³/mol. The van der Waals surface area contributed by atoms with E-state index in [1.54, 1.807) is 30.7 Å². The van der Waals surface area contributed by atoms with E-state index in [0.29, 0.717) is 53.5 Å². The van der Waals surface area contributed by atoms with Gasteiger partial charge in [-0.25, -0.2) is 9.18 Å². The van der Waals surface area contributed by atoms with Crippen molar-refractivity contribution in [2.45, 2.75) is 52.1 Å². The van der Waals surface area contributed by atoms with E-state index in [2.05, 4.69) is 44.4 Å². The van der Waals surface area contributed by atoms with Crippen molar-refractivity contribution < 1.29 is 4.39 Å². The SMILES string of the molecule is CC(C)CCCc1cc(Cl)c(F)c(-c2cc3cn(-c4ccc(CN[C@H](CCN=C(N)N)CNc5cccnc5)cc4)c(=O)nc3[nH]2)c1. The monoisotopic (exact) mass is 657 g/mol. The average Bonchev–Trinajstić information content (AvgIpc) is 3.46. The Morgan fingerprint density at radius 3 is 2.64 bits per heavy atom. The van der Waals surface area contributed by atoms with Crippen molar-refractivity contribution in [2.75, 3.05) is 18.4 Å². The van der Waals surface area contributed by atoms with Crippen molar-refractivity contribution in [2.24, 2.45) is 22.4 Å². The molecule has 5 rings (SSSR count). The summed E-state index contributed by atoms with van der Waals surface area (Å²) in [4.78, 5) is 28.7. The van der Waals surface area contributed by atoms with Crippen LogP contribution >= 0.6 is 11.6 Å². The predicted octanol–water partition coefficient (Wildman–Crippen LogP) is 5.78. The number of aromatic nitrogens is 4. The first-order chi connectivity index (χ1) is 22.7. The molecule has 0 amide bonds. The van der Waals surface area contributed by atoms with Crippen LogP contribution in [0.1, 0.15) is 44.2 Å². The third-order valence-electron chi connectivity index (χ3n) is 7.93. The van der Waals surface area contributed by atoms with Gasteiger partial charge in [-0.3, -0.25) is 14.5 Å². The first kappa shape index (κ1) is 33.6.